The molecule has 0 bridgehead atoms. The van der Waals surface area contributed by atoms with Crippen LogP contribution in [0.25, 0.3) is 0 Å². The SMILES string of the molecule is CC1CC(Nc2ccccc2F)CS1. The van der Waals surface area contributed by atoms with E-state index < -0.39 is 0 Å². The summed E-state index contributed by atoms with van der Waals surface area (Å²) in [6.07, 6.45) is 1.12. The van der Waals surface area contributed by atoms with E-state index in [1.807, 2.05) is 17.8 Å². The van der Waals surface area contributed by atoms with Gasteiger partial charge in [0.25, 0.3) is 0 Å². The van der Waals surface area contributed by atoms with Crippen molar-refractivity contribution in [1.29, 1.82) is 0 Å². The van der Waals surface area contributed by atoms with Crippen molar-refractivity contribution in [2.45, 2.75) is 24.6 Å². The van der Waals surface area contributed by atoms with Crippen molar-refractivity contribution in [3.63, 3.8) is 0 Å². The van der Waals surface area contributed by atoms with Crippen molar-refractivity contribution in [3.05, 3.63) is 30.1 Å². The zero-order valence-corrected chi connectivity index (χ0v) is 8.98. The quantitative estimate of drug-likeness (QED) is 0.806. The lowest BCUT2D eigenvalue weighted by atomic mass is 10.2. The third-order valence-electron chi connectivity index (χ3n) is 2.43. The van der Waals surface area contributed by atoms with Gasteiger partial charge in [0, 0.05) is 17.0 Å². The molecule has 1 aliphatic rings. The molecule has 0 amide bonds. The van der Waals surface area contributed by atoms with Gasteiger partial charge in [-0.2, -0.15) is 11.8 Å². The molecule has 76 valence electrons. The van der Waals surface area contributed by atoms with Crippen molar-refractivity contribution >= 4 is 17.4 Å². The zero-order chi connectivity index (χ0) is 9.97. The van der Waals surface area contributed by atoms with E-state index in [4.69, 9.17) is 0 Å². The maximum atomic E-state index is 13.3. The highest BCUT2D eigenvalue weighted by Gasteiger charge is 2.21. The van der Waals surface area contributed by atoms with E-state index in [9.17, 15) is 4.39 Å². The molecule has 1 aromatic carbocycles. The van der Waals surface area contributed by atoms with Crippen LogP contribution in [0.2, 0.25) is 0 Å². The van der Waals surface area contributed by atoms with Crippen LogP contribution in [-0.4, -0.2) is 17.0 Å². The first-order chi connectivity index (χ1) is 6.75. The molecule has 1 aliphatic heterocycles. The standard InChI is InChI=1S/C11H14FNS/c1-8-6-9(7-14-8)13-11-5-3-2-4-10(11)12/h2-5,8-9,13H,6-7H2,1H3. The zero-order valence-electron chi connectivity index (χ0n) is 8.16. The molecule has 1 aromatic rings. The van der Waals surface area contributed by atoms with Gasteiger partial charge < -0.3 is 5.32 Å². The van der Waals surface area contributed by atoms with Crippen LogP contribution in [0, 0.1) is 5.82 Å². The number of hydrogen-bond donors (Lipinski definition) is 1. The molecule has 0 aromatic heterocycles. The number of nitrogens with one attached hydrogen (secondary N) is 1. The molecule has 0 spiro atoms. The number of halogens is 1. The van der Waals surface area contributed by atoms with Gasteiger partial charge in [-0.25, -0.2) is 4.39 Å². The van der Waals surface area contributed by atoms with Gasteiger partial charge in [-0.15, -0.1) is 0 Å². The lowest BCUT2D eigenvalue weighted by molar-refractivity contribution is 0.625. The predicted molar refractivity (Wildman–Crippen MR) is 60.3 cm³/mol. The van der Waals surface area contributed by atoms with Gasteiger partial charge in [-0.05, 0) is 18.6 Å². The average Bonchev–Trinajstić information content (AvgIpc) is 2.56. The van der Waals surface area contributed by atoms with Gasteiger partial charge in [0.2, 0.25) is 0 Å². The third kappa shape index (κ3) is 2.21. The Balaban J connectivity index is 2.01. The number of thioether (sulfide) groups is 1. The molecule has 1 fully saturated rings. The number of rotatable bonds is 2. The molecule has 2 atom stereocenters. The molecule has 14 heavy (non-hydrogen) atoms. The van der Waals surface area contributed by atoms with E-state index in [1.165, 1.54) is 6.07 Å². The molecule has 1 saturated heterocycles. The van der Waals surface area contributed by atoms with Crippen LogP contribution in [0.5, 0.6) is 0 Å². The highest BCUT2D eigenvalue weighted by atomic mass is 32.2. The summed E-state index contributed by atoms with van der Waals surface area (Å²) in [7, 11) is 0. The maximum Gasteiger partial charge on any atom is 0.146 e. The summed E-state index contributed by atoms with van der Waals surface area (Å²) in [4.78, 5) is 0. The molecule has 0 saturated carbocycles. The third-order valence-corrected chi connectivity index (χ3v) is 3.79. The summed E-state index contributed by atoms with van der Waals surface area (Å²) in [5, 5.41) is 3.94. The molecule has 1 heterocycles. The van der Waals surface area contributed by atoms with Crippen LogP contribution in [-0.2, 0) is 0 Å². The molecule has 3 heteroatoms. The van der Waals surface area contributed by atoms with E-state index in [0.29, 0.717) is 17.0 Å². The molecule has 2 unspecified atom stereocenters. The van der Waals surface area contributed by atoms with Crippen molar-refractivity contribution < 1.29 is 4.39 Å². The van der Waals surface area contributed by atoms with Gasteiger partial charge in [-0.1, -0.05) is 19.1 Å². The Bertz CT molecular complexity index is 316. The highest BCUT2D eigenvalue weighted by molar-refractivity contribution is 8.00. The van der Waals surface area contributed by atoms with Crippen LogP contribution in [0.3, 0.4) is 0 Å². The minimum atomic E-state index is -0.156. The first-order valence-corrected chi connectivity index (χ1v) is 5.93. The van der Waals surface area contributed by atoms with E-state index in [-0.39, 0.29) is 5.82 Å². The number of para-hydroxylation sites is 1. The van der Waals surface area contributed by atoms with E-state index in [0.717, 1.165) is 12.2 Å². The van der Waals surface area contributed by atoms with E-state index in [2.05, 4.69) is 12.2 Å². The lowest BCUT2D eigenvalue weighted by Crippen LogP contribution is -2.19. The van der Waals surface area contributed by atoms with Crippen molar-refractivity contribution in [1.82, 2.24) is 0 Å². The van der Waals surface area contributed by atoms with Crippen LogP contribution >= 0.6 is 11.8 Å². The second kappa shape index (κ2) is 4.22. The Morgan fingerprint density at radius 3 is 2.86 bits per heavy atom. The van der Waals surface area contributed by atoms with Crippen molar-refractivity contribution in [2.24, 2.45) is 0 Å². The number of anilines is 1. The van der Waals surface area contributed by atoms with Crippen LogP contribution in [0.15, 0.2) is 24.3 Å². The Kier molecular flexibility index (Phi) is 2.96. The molecular weight excluding hydrogens is 197 g/mol. The number of hydrogen-bond acceptors (Lipinski definition) is 2. The molecule has 1 nitrogen and oxygen atoms in total. The van der Waals surface area contributed by atoms with Gasteiger partial charge >= 0.3 is 0 Å². The van der Waals surface area contributed by atoms with Crippen LogP contribution in [0.1, 0.15) is 13.3 Å². The average molecular weight is 211 g/mol. The molecule has 0 aliphatic carbocycles. The molecule has 1 N–H and O–H groups in total. The van der Waals surface area contributed by atoms with Crippen molar-refractivity contribution in [3.8, 4) is 0 Å². The minimum Gasteiger partial charge on any atom is -0.379 e. The first-order valence-electron chi connectivity index (χ1n) is 4.88. The van der Waals surface area contributed by atoms with Gasteiger partial charge in [0.1, 0.15) is 5.82 Å². The van der Waals surface area contributed by atoms with Crippen LogP contribution in [0.4, 0.5) is 10.1 Å². The monoisotopic (exact) mass is 211 g/mol. The number of benzene rings is 1. The second-order valence-electron chi connectivity index (χ2n) is 3.70. The van der Waals surface area contributed by atoms with Gasteiger partial charge in [0.05, 0.1) is 5.69 Å². The van der Waals surface area contributed by atoms with E-state index in [1.54, 1.807) is 12.1 Å². The Morgan fingerprint density at radius 1 is 1.43 bits per heavy atom. The Labute approximate surface area is 88.1 Å². The van der Waals surface area contributed by atoms with E-state index >= 15 is 0 Å². The van der Waals surface area contributed by atoms with Crippen molar-refractivity contribution in [2.75, 3.05) is 11.1 Å². The second-order valence-corrected chi connectivity index (χ2v) is 5.17. The summed E-state index contributed by atoms with van der Waals surface area (Å²) in [6.45, 7) is 2.22. The normalized spacial score (nSPS) is 26.4. The minimum absolute atomic E-state index is 0.156. The predicted octanol–water partition coefficient (Wildman–Crippen LogP) is 3.13. The maximum absolute atomic E-state index is 13.3. The fraction of sp³-hybridized carbons (Fsp3) is 0.455. The highest BCUT2D eigenvalue weighted by Crippen LogP contribution is 2.28. The summed E-state index contributed by atoms with van der Waals surface area (Å²) in [6, 6.07) is 7.28. The molecule has 2 rings (SSSR count). The largest absolute Gasteiger partial charge is 0.379 e. The van der Waals surface area contributed by atoms with Gasteiger partial charge in [0.15, 0.2) is 0 Å². The summed E-state index contributed by atoms with van der Waals surface area (Å²) in [5.74, 6) is 0.923. The summed E-state index contributed by atoms with van der Waals surface area (Å²) < 4.78 is 13.3. The van der Waals surface area contributed by atoms with Crippen LogP contribution < -0.4 is 5.32 Å². The first kappa shape index (κ1) is 9.84. The summed E-state index contributed by atoms with van der Waals surface area (Å²) in [5.41, 5.74) is 0.632. The van der Waals surface area contributed by atoms with Gasteiger partial charge in [-0.3, -0.25) is 0 Å². The topological polar surface area (TPSA) is 12.0 Å². The fourth-order valence-corrected chi connectivity index (χ4v) is 2.86. The fourth-order valence-electron chi connectivity index (χ4n) is 1.72. The summed E-state index contributed by atoms with van der Waals surface area (Å²) >= 11 is 1.95. The lowest BCUT2D eigenvalue weighted by Gasteiger charge is -2.13. The Morgan fingerprint density at radius 2 is 2.21 bits per heavy atom. The Hall–Kier alpha value is -0.700. The molecular formula is C11H14FNS. The smallest absolute Gasteiger partial charge is 0.146 e. The molecule has 0 radical (unpaired) electrons.